The van der Waals surface area contributed by atoms with Gasteiger partial charge in [0, 0.05) is 32.0 Å². The molecule has 2 heterocycles. The van der Waals surface area contributed by atoms with Crippen molar-refractivity contribution >= 4 is 0 Å². The van der Waals surface area contributed by atoms with Crippen molar-refractivity contribution in [1.29, 1.82) is 0 Å². The van der Waals surface area contributed by atoms with E-state index in [4.69, 9.17) is 0 Å². The molecule has 102 valence electrons. The Bertz CT molecular complexity index is 341. The quantitative estimate of drug-likeness (QED) is 0.831. The Kier molecular flexibility index (Phi) is 5.20. The first-order valence-electron chi connectivity index (χ1n) is 7.20. The smallest absolute Gasteiger partial charge is 0.105 e. The second-order valence-corrected chi connectivity index (χ2v) is 5.25. The maximum Gasteiger partial charge on any atom is 0.105 e. The van der Waals surface area contributed by atoms with Crippen molar-refractivity contribution in [1.82, 2.24) is 19.8 Å². The Balaban J connectivity index is 1.76. The molecule has 1 fully saturated rings. The molecular weight excluding hydrogens is 224 g/mol. The molecule has 1 aliphatic heterocycles. The molecule has 1 saturated heterocycles. The minimum Gasteiger partial charge on any atom is -0.334 e. The van der Waals surface area contributed by atoms with Gasteiger partial charge in [0.15, 0.2) is 0 Å². The Labute approximate surface area is 110 Å². The number of aryl methyl sites for hydroxylation is 1. The van der Waals surface area contributed by atoms with Crippen LogP contribution in [0, 0.1) is 12.8 Å². The van der Waals surface area contributed by atoms with Crippen LogP contribution >= 0.6 is 0 Å². The molecule has 2 rings (SSSR count). The Morgan fingerprint density at radius 3 is 2.83 bits per heavy atom. The average molecular weight is 250 g/mol. The maximum atomic E-state index is 4.27. The van der Waals surface area contributed by atoms with Gasteiger partial charge in [-0.15, -0.1) is 0 Å². The number of piperidine rings is 1. The molecule has 0 aromatic carbocycles. The third-order valence-corrected chi connectivity index (χ3v) is 4.00. The van der Waals surface area contributed by atoms with Gasteiger partial charge in [-0.2, -0.15) is 0 Å². The van der Waals surface area contributed by atoms with Crippen LogP contribution in [0.1, 0.15) is 25.6 Å². The number of hydrogen-bond donors (Lipinski definition) is 1. The van der Waals surface area contributed by atoms with E-state index < -0.39 is 0 Å². The number of nitrogens with zero attached hydrogens (tertiary/aromatic N) is 3. The van der Waals surface area contributed by atoms with Crippen molar-refractivity contribution in [3.8, 4) is 0 Å². The van der Waals surface area contributed by atoms with Gasteiger partial charge >= 0.3 is 0 Å². The minimum absolute atomic E-state index is 0.884. The average Bonchev–Trinajstić information content (AvgIpc) is 2.81. The highest BCUT2D eigenvalue weighted by Crippen LogP contribution is 2.13. The van der Waals surface area contributed by atoms with Crippen LogP contribution in [0.3, 0.4) is 0 Å². The van der Waals surface area contributed by atoms with Crippen LogP contribution < -0.4 is 5.32 Å². The molecule has 0 bridgehead atoms. The molecule has 0 amide bonds. The highest BCUT2D eigenvalue weighted by molar-refractivity contribution is 4.88. The number of imidazole rings is 1. The van der Waals surface area contributed by atoms with E-state index in [0.717, 1.165) is 31.4 Å². The summed E-state index contributed by atoms with van der Waals surface area (Å²) in [5.41, 5.74) is 0. The number of aromatic nitrogens is 2. The van der Waals surface area contributed by atoms with Crippen molar-refractivity contribution < 1.29 is 0 Å². The molecule has 18 heavy (non-hydrogen) atoms. The first kappa shape index (κ1) is 13.6. The summed E-state index contributed by atoms with van der Waals surface area (Å²) in [7, 11) is 0. The second-order valence-electron chi connectivity index (χ2n) is 5.25. The molecule has 4 heteroatoms. The SMILES string of the molecule is CCN(CCn1ccnc1C)CC1CCNCC1. The summed E-state index contributed by atoms with van der Waals surface area (Å²) in [6.07, 6.45) is 6.63. The second kappa shape index (κ2) is 6.90. The van der Waals surface area contributed by atoms with Gasteiger partial charge in [-0.05, 0) is 45.3 Å². The van der Waals surface area contributed by atoms with Gasteiger partial charge in [0.2, 0.25) is 0 Å². The van der Waals surface area contributed by atoms with Crippen LogP contribution in [0.4, 0.5) is 0 Å². The van der Waals surface area contributed by atoms with Crippen LogP contribution in [0.25, 0.3) is 0 Å². The summed E-state index contributed by atoms with van der Waals surface area (Å²) < 4.78 is 2.24. The Morgan fingerprint density at radius 1 is 1.44 bits per heavy atom. The molecule has 0 unspecified atom stereocenters. The normalized spacial score (nSPS) is 17.5. The van der Waals surface area contributed by atoms with Gasteiger partial charge < -0.3 is 14.8 Å². The standard InChI is InChI=1S/C14H26N4/c1-3-17(12-14-4-6-15-7-5-14)10-11-18-9-8-16-13(18)2/h8-9,14-15H,3-7,10-12H2,1-2H3. The third-order valence-electron chi connectivity index (χ3n) is 4.00. The number of nitrogens with one attached hydrogen (secondary N) is 1. The van der Waals surface area contributed by atoms with Crippen LogP contribution in [-0.4, -0.2) is 47.2 Å². The zero-order valence-corrected chi connectivity index (χ0v) is 11.7. The summed E-state index contributed by atoms with van der Waals surface area (Å²) in [5, 5.41) is 3.44. The van der Waals surface area contributed by atoms with Gasteiger partial charge in [0.1, 0.15) is 5.82 Å². The number of likely N-dealkylation sites (N-methyl/N-ethyl adjacent to an activating group) is 1. The largest absolute Gasteiger partial charge is 0.334 e. The van der Waals surface area contributed by atoms with Crippen molar-refractivity contribution in [2.75, 3.05) is 32.7 Å². The fourth-order valence-corrected chi connectivity index (χ4v) is 2.70. The van der Waals surface area contributed by atoms with E-state index in [9.17, 15) is 0 Å². The van der Waals surface area contributed by atoms with Crippen LogP contribution in [0.15, 0.2) is 12.4 Å². The lowest BCUT2D eigenvalue weighted by molar-refractivity contribution is 0.207. The highest BCUT2D eigenvalue weighted by Gasteiger charge is 2.16. The first-order valence-corrected chi connectivity index (χ1v) is 7.20. The highest BCUT2D eigenvalue weighted by atomic mass is 15.2. The molecule has 1 aromatic rings. The molecule has 0 atom stereocenters. The summed E-state index contributed by atoms with van der Waals surface area (Å²) in [6.45, 7) is 11.3. The molecule has 4 nitrogen and oxygen atoms in total. The Morgan fingerprint density at radius 2 is 2.22 bits per heavy atom. The number of rotatable bonds is 6. The third kappa shape index (κ3) is 3.82. The molecule has 0 saturated carbocycles. The first-order chi connectivity index (χ1) is 8.79. The summed E-state index contributed by atoms with van der Waals surface area (Å²) >= 11 is 0. The fraction of sp³-hybridized carbons (Fsp3) is 0.786. The summed E-state index contributed by atoms with van der Waals surface area (Å²) in [4.78, 5) is 6.85. The van der Waals surface area contributed by atoms with E-state index in [1.54, 1.807) is 0 Å². The maximum absolute atomic E-state index is 4.27. The van der Waals surface area contributed by atoms with Crippen LogP contribution in [-0.2, 0) is 6.54 Å². The molecule has 0 radical (unpaired) electrons. The fourth-order valence-electron chi connectivity index (χ4n) is 2.70. The predicted molar refractivity (Wildman–Crippen MR) is 74.7 cm³/mol. The van der Waals surface area contributed by atoms with E-state index in [1.807, 2.05) is 6.20 Å². The number of hydrogen-bond acceptors (Lipinski definition) is 3. The van der Waals surface area contributed by atoms with Crippen molar-refractivity contribution in [3.05, 3.63) is 18.2 Å². The molecular formula is C14H26N4. The molecule has 0 aliphatic carbocycles. The lowest BCUT2D eigenvalue weighted by Gasteiger charge is -2.29. The van der Waals surface area contributed by atoms with E-state index in [-0.39, 0.29) is 0 Å². The molecule has 1 N–H and O–H groups in total. The van der Waals surface area contributed by atoms with Gasteiger partial charge in [0.05, 0.1) is 0 Å². The molecule has 1 aromatic heterocycles. The molecule has 1 aliphatic rings. The zero-order chi connectivity index (χ0) is 12.8. The topological polar surface area (TPSA) is 33.1 Å². The van der Waals surface area contributed by atoms with Crippen LogP contribution in [0.2, 0.25) is 0 Å². The monoisotopic (exact) mass is 250 g/mol. The van der Waals surface area contributed by atoms with Crippen LogP contribution in [0.5, 0.6) is 0 Å². The van der Waals surface area contributed by atoms with E-state index in [2.05, 4.69) is 39.8 Å². The van der Waals surface area contributed by atoms with Gasteiger partial charge in [-0.3, -0.25) is 0 Å². The van der Waals surface area contributed by atoms with Gasteiger partial charge in [0.25, 0.3) is 0 Å². The van der Waals surface area contributed by atoms with Crippen molar-refractivity contribution in [2.45, 2.75) is 33.2 Å². The van der Waals surface area contributed by atoms with Crippen molar-refractivity contribution in [3.63, 3.8) is 0 Å². The summed E-state index contributed by atoms with van der Waals surface area (Å²) in [5.74, 6) is 2.00. The van der Waals surface area contributed by atoms with E-state index in [0.29, 0.717) is 0 Å². The van der Waals surface area contributed by atoms with Crippen molar-refractivity contribution in [2.24, 2.45) is 5.92 Å². The van der Waals surface area contributed by atoms with Gasteiger partial charge in [-0.1, -0.05) is 6.92 Å². The van der Waals surface area contributed by atoms with Gasteiger partial charge in [-0.25, -0.2) is 4.98 Å². The lowest BCUT2D eigenvalue weighted by Crippen LogP contribution is -2.37. The molecule has 0 spiro atoms. The Hall–Kier alpha value is -0.870. The lowest BCUT2D eigenvalue weighted by atomic mass is 9.97. The minimum atomic E-state index is 0.884. The predicted octanol–water partition coefficient (Wildman–Crippen LogP) is 1.51. The zero-order valence-electron chi connectivity index (χ0n) is 11.7. The van der Waals surface area contributed by atoms with E-state index in [1.165, 1.54) is 32.5 Å². The van der Waals surface area contributed by atoms with E-state index >= 15 is 0 Å². The summed E-state index contributed by atoms with van der Waals surface area (Å²) in [6, 6.07) is 0.